The van der Waals surface area contributed by atoms with Crippen LogP contribution >= 0.6 is 15.9 Å². The Morgan fingerprint density at radius 1 is 1.47 bits per heavy atom. The molecule has 1 aromatic heterocycles. The van der Waals surface area contributed by atoms with E-state index < -0.39 is 5.60 Å². The Morgan fingerprint density at radius 2 is 2.27 bits per heavy atom. The van der Waals surface area contributed by atoms with Gasteiger partial charge in [-0.05, 0) is 46.8 Å². The lowest BCUT2D eigenvalue weighted by Crippen LogP contribution is -2.45. The minimum Gasteiger partial charge on any atom is -0.389 e. The Bertz CT molecular complexity index is 339. The Labute approximate surface area is 98.0 Å². The topological polar surface area (TPSA) is 45.1 Å². The Kier molecular flexibility index (Phi) is 3.38. The zero-order valence-electron chi connectivity index (χ0n) is 8.54. The fourth-order valence-corrected chi connectivity index (χ4v) is 2.17. The lowest BCUT2D eigenvalue weighted by Gasteiger charge is -2.36. The number of pyridine rings is 1. The lowest BCUT2D eigenvalue weighted by molar-refractivity contribution is -0.0314. The van der Waals surface area contributed by atoms with Crippen LogP contribution in [0, 0.1) is 0 Å². The molecule has 0 bridgehead atoms. The number of nitrogens with zero attached hydrogens (tertiary/aromatic N) is 1. The van der Waals surface area contributed by atoms with Gasteiger partial charge in [-0.15, -0.1) is 0 Å². The van der Waals surface area contributed by atoms with Gasteiger partial charge in [0.1, 0.15) is 0 Å². The molecule has 1 saturated carbocycles. The number of aromatic nitrogens is 1. The molecule has 0 amide bonds. The first-order chi connectivity index (χ1) is 7.18. The maximum absolute atomic E-state index is 9.86. The molecule has 1 aromatic rings. The van der Waals surface area contributed by atoms with Gasteiger partial charge in [0.25, 0.3) is 0 Å². The average molecular weight is 271 g/mol. The molecule has 1 aliphatic carbocycles. The maximum Gasteiger partial charge on any atom is 0.0771 e. The van der Waals surface area contributed by atoms with E-state index in [1.54, 1.807) is 6.20 Å². The summed E-state index contributed by atoms with van der Waals surface area (Å²) < 4.78 is 0.990. The van der Waals surface area contributed by atoms with Crippen LogP contribution in [0.5, 0.6) is 0 Å². The van der Waals surface area contributed by atoms with Crippen molar-refractivity contribution in [3.8, 4) is 0 Å². The number of aliphatic hydroxyl groups is 1. The van der Waals surface area contributed by atoms with E-state index in [-0.39, 0.29) is 0 Å². The van der Waals surface area contributed by atoms with Crippen molar-refractivity contribution >= 4 is 15.9 Å². The van der Waals surface area contributed by atoms with Crippen molar-refractivity contribution in [3.63, 3.8) is 0 Å². The third kappa shape index (κ3) is 3.00. The summed E-state index contributed by atoms with van der Waals surface area (Å²) in [4.78, 5) is 4.08. The number of hydrogen-bond donors (Lipinski definition) is 2. The van der Waals surface area contributed by atoms with Gasteiger partial charge in [0, 0.05) is 30.0 Å². The van der Waals surface area contributed by atoms with E-state index in [1.165, 1.54) is 0 Å². The second-order valence-corrected chi connectivity index (χ2v) is 5.11. The van der Waals surface area contributed by atoms with Crippen LogP contribution in [0.2, 0.25) is 0 Å². The summed E-state index contributed by atoms with van der Waals surface area (Å²) in [6, 6.07) is 2.03. The van der Waals surface area contributed by atoms with Gasteiger partial charge in [-0.2, -0.15) is 0 Å². The molecule has 1 fully saturated rings. The third-order valence-electron chi connectivity index (χ3n) is 2.83. The van der Waals surface area contributed by atoms with Crippen LogP contribution < -0.4 is 5.32 Å². The van der Waals surface area contributed by atoms with Crippen molar-refractivity contribution < 1.29 is 5.11 Å². The molecule has 82 valence electrons. The highest BCUT2D eigenvalue weighted by Gasteiger charge is 2.33. The predicted octanol–water partition coefficient (Wildman–Crippen LogP) is 1.85. The van der Waals surface area contributed by atoms with E-state index in [0.717, 1.165) is 35.8 Å². The van der Waals surface area contributed by atoms with Gasteiger partial charge < -0.3 is 10.4 Å². The zero-order chi connectivity index (χ0) is 10.7. The van der Waals surface area contributed by atoms with Crippen molar-refractivity contribution in [1.29, 1.82) is 0 Å². The standard InChI is InChI=1S/C11H15BrN2O/c12-10-4-9(5-13-7-10)6-14-8-11(15)2-1-3-11/h4-5,7,14-15H,1-3,6,8H2. The van der Waals surface area contributed by atoms with Gasteiger partial charge >= 0.3 is 0 Å². The van der Waals surface area contributed by atoms with E-state index in [0.29, 0.717) is 6.54 Å². The average Bonchev–Trinajstić information content (AvgIpc) is 2.15. The molecular formula is C11H15BrN2O. The minimum atomic E-state index is -0.445. The molecule has 1 heterocycles. The lowest BCUT2D eigenvalue weighted by atomic mass is 9.80. The van der Waals surface area contributed by atoms with Crippen molar-refractivity contribution in [2.45, 2.75) is 31.4 Å². The summed E-state index contributed by atoms with van der Waals surface area (Å²) >= 11 is 3.38. The monoisotopic (exact) mass is 270 g/mol. The highest BCUT2D eigenvalue weighted by atomic mass is 79.9. The quantitative estimate of drug-likeness (QED) is 0.878. The van der Waals surface area contributed by atoms with Gasteiger partial charge in [-0.1, -0.05) is 0 Å². The first kappa shape index (κ1) is 11.0. The van der Waals surface area contributed by atoms with Gasteiger partial charge in [-0.3, -0.25) is 4.98 Å². The van der Waals surface area contributed by atoms with Crippen LogP contribution in [0.1, 0.15) is 24.8 Å². The molecule has 0 unspecified atom stereocenters. The van der Waals surface area contributed by atoms with Gasteiger partial charge in [0.05, 0.1) is 5.60 Å². The maximum atomic E-state index is 9.86. The van der Waals surface area contributed by atoms with Crippen molar-refractivity contribution in [3.05, 3.63) is 28.5 Å². The van der Waals surface area contributed by atoms with E-state index in [2.05, 4.69) is 26.2 Å². The summed E-state index contributed by atoms with van der Waals surface area (Å²) in [5, 5.41) is 13.1. The Morgan fingerprint density at radius 3 is 2.87 bits per heavy atom. The molecular weight excluding hydrogens is 256 g/mol. The molecule has 0 spiro atoms. The molecule has 0 saturated heterocycles. The number of nitrogens with one attached hydrogen (secondary N) is 1. The smallest absolute Gasteiger partial charge is 0.0771 e. The fraction of sp³-hybridized carbons (Fsp3) is 0.545. The van der Waals surface area contributed by atoms with Crippen LogP contribution in [-0.4, -0.2) is 22.2 Å². The minimum absolute atomic E-state index is 0.445. The highest BCUT2D eigenvalue weighted by Crippen LogP contribution is 2.30. The van der Waals surface area contributed by atoms with Gasteiger partial charge in [0.15, 0.2) is 0 Å². The first-order valence-corrected chi connectivity index (χ1v) is 6.00. The molecule has 0 radical (unpaired) electrons. The summed E-state index contributed by atoms with van der Waals surface area (Å²) in [5.74, 6) is 0. The molecule has 0 aromatic carbocycles. The van der Waals surface area contributed by atoms with Crippen LogP contribution in [-0.2, 0) is 6.54 Å². The normalized spacial score (nSPS) is 18.5. The summed E-state index contributed by atoms with van der Waals surface area (Å²) in [6.07, 6.45) is 6.61. The third-order valence-corrected chi connectivity index (χ3v) is 3.26. The van der Waals surface area contributed by atoms with Crippen molar-refractivity contribution in [1.82, 2.24) is 10.3 Å². The van der Waals surface area contributed by atoms with Crippen LogP contribution in [0.4, 0.5) is 0 Å². The molecule has 2 N–H and O–H groups in total. The molecule has 3 nitrogen and oxygen atoms in total. The van der Waals surface area contributed by atoms with Gasteiger partial charge in [-0.25, -0.2) is 0 Å². The Balaban J connectivity index is 1.78. The molecule has 0 aliphatic heterocycles. The van der Waals surface area contributed by atoms with E-state index in [4.69, 9.17) is 0 Å². The number of hydrogen-bond acceptors (Lipinski definition) is 3. The molecule has 2 rings (SSSR count). The molecule has 4 heteroatoms. The number of halogens is 1. The molecule has 15 heavy (non-hydrogen) atoms. The zero-order valence-corrected chi connectivity index (χ0v) is 10.1. The largest absolute Gasteiger partial charge is 0.389 e. The SMILES string of the molecule is OC1(CNCc2cncc(Br)c2)CCC1. The summed E-state index contributed by atoms with van der Waals surface area (Å²) in [7, 11) is 0. The van der Waals surface area contributed by atoms with E-state index in [1.807, 2.05) is 12.3 Å². The fourth-order valence-electron chi connectivity index (χ4n) is 1.75. The van der Waals surface area contributed by atoms with E-state index >= 15 is 0 Å². The van der Waals surface area contributed by atoms with Crippen LogP contribution in [0.25, 0.3) is 0 Å². The summed E-state index contributed by atoms with van der Waals surface area (Å²) in [6.45, 7) is 1.44. The number of rotatable bonds is 4. The van der Waals surface area contributed by atoms with Crippen molar-refractivity contribution in [2.24, 2.45) is 0 Å². The predicted molar refractivity (Wildman–Crippen MR) is 62.4 cm³/mol. The second kappa shape index (κ2) is 4.60. The molecule has 0 atom stereocenters. The molecule has 1 aliphatic rings. The van der Waals surface area contributed by atoms with Crippen LogP contribution in [0.3, 0.4) is 0 Å². The second-order valence-electron chi connectivity index (χ2n) is 4.19. The van der Waals surface area contributed by atoms with Gasteiger partial charge in [0.2, 0.25) is 0 Å². The van der Waals surface area contributed by atoms with Crippen LogP contribution in [0.15, 0.2) is 22.9 Å². The van der Waals surface area contributed by atoms with Crippen molar-refractivity contribution in [2.75, 3.05) is 6.54 Å². The highest BCUT2D eigenvalue weighted by molar-refractivity contribution is 9.10. The Hall–Kier alpha value is -0.450. The van der Waals surface area contributed by atoms with E-state index in [9.17, 15) is 5.11 Å². The first-order valence-electron chi connectivity index (χ1n) is 5.21. The summed E-state index contributed by atoms with van der Waals surface area (Å²) in [5.41, 5.74) is 0.687.